The van der Waals surface area contributed by atoms with Crippen molar-refractivity contribution in [2.24, 2.45) is 0 Å². The van der Waals surface area contributed by atoms with Gasteiger partial charge in [-0.1, -0.05) is 6.92 Å². The Hall–Kier alpha value is -2.64. The first-order chi connectivity index (χ1) is 13.0. The molecule has 0 saturated heterocycles. The van der Waals surface area contributed by atoms with Crippen molar-refractivity contribution in [2.45, 2.75) is 32.9 Å². The van der Waals surface area contributed by atoms with Gasteiger partial charge in [-0.05, 0) is 35.6 Å². The Balaban J connectivity index is 0.000000226. The van der Waals surface area contributed by atoms with E-state index in [0.29, 0.717) is 12.2 Å². The number of aryl methyl sites for hydroxylation is 1. The van der Waals surface area contributed by atoms with Crippen molar-refractivity contribution in [1.29, 1.82) is 0 Å². The van der Waals surface area contributed by atoms with Crippen LogP contribution in [0.4, 0.5) is 0 Å². The summed E-state index contributed by atoms with van der Waals surface area (Å²) in [7, 11) is 0. The molecule has 3 N–H and O–H groups in total. The Morgan fingerprint density at radius 2 is 1.96 bits per heavy atom. The number of aromatic nitrogens is 1. The monoisotopic (exact) mass is 386 g/mol. The van der Waals surface area contributed by atoms with Gasteiger partial charge in [-0.3, -0.25) is 0 Å². The molecule has 2 aromatic heterocycles. The lowest BCUT2D eigenvalue weighted by Gasteiger charge is -2.16. The molecule has 1 aliphatic heterocycles. The second kappa shape index (κ2) is 8.37. The minimum Gasteiger partial charge on any atom is -0.478 e. The first kappa shape index (κ1) is 19.1. The molecule has 0 bridgehead atoms. The van der Waals surface area contributed by atoms with Gasteiger partial charge in [-0.2, -0.15) is 0 Å². The van der Waals surface area contributed by atoms with Crippen LogP contribution in [0.25, 0.3) is 21.0 Å². The number of nitrogens with zero attached hydrogens (tertiary/aromatic N) is 1. The van der Waals surface area contributed by atoms with Gasteiger partial charge in [-0.25, -0.2) is 9.59 Å². The maximum absolute atomic E-state index is 9.55. The largest absolute Gasteiger partial charge is 0.478 e. The summed E-state index contributed by atoms with van der Waals surface area (Å²) in [6.07, 6.45) is 3.48. The normalized spacial score (nSPS) is 13.5. The highest BCUT2D eigenvalue weighted by atomic mass is 32.1. The quantitative estimate of drug-likeness (QED) is 0.596. The molecule has 3 aromatic rings. The Bertz CT molecular complexity index is 1000. The van der Waals surface area contributed by atoms with Gasteiger partial charge in [0.25, 0.3) is 0 Å². The second-order valence-electron chi connectivity index (χ2n) is 6.31. The maximum atomic E-state index is 9.55. The molecule has 0 saturated carbocycles. The van der Waals surface area contributed by atoms with Crippen molar-refractivity contribution >= 4 is 44.3 Å². The van der Waals surface area contributed by atoms with Gasteiger partial charge >= 0.3 is 11.9 Å². The number of rotatable bonds is 4. The van der Waals surface area contributed by atoms with Crippen LogP contribution in [-0.2, 0) is 29.1 Å². The number of fused-ring (bicyclic) bond motifs is 5. The molecular formula is C20H22N2O4S. The van der Waals surface area contributed by atoms with E-state index in [-0.39, 0.29) is 0 Å². The summed E-state index contributed by atoms with van der Waals surface area (Å²) in [4.78, 5) is 19.1. The number of nitrogens with one attached hydrogen (secondary N) is 1. The van der Waals surface area contributed by atoms with Gasteiger partial charge < -0.3 is 20.1 Å². The summed E-state index contributed by atoms with van der Waals surface area (Å²) in [5, 5.41) is 24.3. The SMILES string of the molecule is CCCn1c2c(c3c4ccsc4ccc31)CNCC2.O=C(O)C=CC(=O)O. The van der Waals surface area contributed by atoms with Crippen LogP contribution in [0.15, 0.2) is 35.7 Å². The summed E-state index contributed by atoms with van der Waals surface area (Å²) in [5.74, 6) is -2.51. The van der Waals surface area contributed by atoms with Crippen LogP contribution in [0.2, 0.25) is 0 Å². The molecule has 0 spiro atoms. The molecule has 3 heterocycles. The van der Waals surface area contributed by atoms with Crippen molar-refractivity contribution in [2.75, 3.05) is 6.54 Å². The van der Waals surface area contributed by atoms with E-state index < -0.39 is 11.9 Å². The van der Waals surface area contributed by atoms with E-state index in [9.17, 15) is 9.59 Å². The molecule has 0 aliphatic carbocycles. The van der Waals surface area contributed by atoms with Crippen molar-refractivity contribution in [3.8, 4) is 0 Å². The van der Waals surface area contributed by atoms with Crippen LogP contribution in [0.3, 0.4) is 0 Å². The van der Waals surface area contributed by atoms with Crippen molar-refractivity contribution in [1.82, 2.24) is 9.88 Å². The molecule has 0 atom stereocenters. The number of carbonyl (C=O) groups is 2. The minimum absolute atomic E-state index is 0.558. The molecule has 0 amide bonds. The zero-order valence-electron chi connectivity index (χ0n) is 15.1. The van der Waals surface area contributed by atoms with E-state index in [0.717, 1.165) is 26.1 Å². The lowest BCUT2D eigenvalue weighted by Crippen LogP contribution is -2.24. The highest BCUT2D eigenvalue weighted by molar-refractivity contribution is 7.17. The molecule has 0 radical (unpaired) electrons. The molecule has 6 nitrogen and oxygen atoms in total. The number of aliphatic carboxylic acids is 2. The lowest BCUT2D eigenvalue weighted by atomic mass is 10.0. The number of hydrogen-bond donors (Lipinski definition) is 3. The average Bonchev–Trinajstić information content (AvgIpc) is 3.24. The van der Waals surface area contributed by atoms with Gasteiger partial charge in [0, 0.05) is 64.9 Å². The molecule has 27 heavy (non-hydrogen) atoms. The van der Waals surface area contributed by atoms with Crippen LogP contribution in [-0.4, -0.2) is 33.3 Å². The Kier molecular flexibility index (Phi) is 5.93. The minimum atomic E-state index is -1.26. The third kappa shape index (κ3) is 4.04. The maximum Gasteiger partial charge on any atom is 0.328 e. The van der Waals surface area contributed by atoms with E-state index in [1.54, 1.807) is 11.3 Å². The fourth-order valence-corrected chi connectivity index (χ4v) is 4.34. The average molecular weight is 386 g/mol. The van der Waals surface area contributed by atoms with Gasteiger partial charge in [-0.15, -0.1) is 11.3 Å². The van der Waals surface area contributed by atoms with Gasteiger partial charge in [0.1, 0.15) is 0 Å². The van der Waals surface area contributed by atoms with E-state index in [1.807, 2.05) is 11.3 Å². The van der Waals surface area contributed by atoms with E-state index >= 15 is 0 Å². The van der Waals surface area contributed by atoms with Gasteiger partial charge in [0.15, 0.2) is 0 Å². The van der Waals surface area contributed by atoms with Crippen molar-refractivity contribution < 1.29 is 19.8 Å². The van der Waals surface area contributed by atoms with Crippen molar-refractivity contribution in [3.05, 3.63) is 47.0 Å². The standard InChI is InChI=1S/C16H18N2S.C4H4O4/c1-2-8-18-13-5-7-17-10-12(13)16-11-6-9-19-15(11)4-3-14(16)18;5-3(6)1-2-4(7)8/h3-4,6,9,17H,2,5,7-8,10H2,1H3;1-2H,(H,5,6)(H,7,8). The predicted octanol–water partition coefficient (Wildman–Crippen LogP) is 3.62. The van der Waals surface area contributed by atoms with E-state index in [2.05, 4.69) is 40.4 Å². The van der Waals surface area contributed by atoms with Crippen LogP contribution in [0.1, 0.15) is 24.6 Å². The predicted molar refractivity (Wildman–Crippen MR) is 107 cm³/mol. The van der Waals surface area contributed by atoms with Gasteiger partial charge in [0.2, 0.25) is 0 Å². The molecule has 0 unspecified atom stereocenters. The molecule has 0 fully saturated rings. The summed E-state index contributed by atoms with van der Waals surface area (Å²) in [5.41, 5.74) is 4.54. The van der Waals surface area contributed by atoms with Crippen LogP contribution in [0, 0.1) is 0 Å². The molecule has 7 heteroatoms. The Morgan fingerprint density at radius 3 is 2.63 bits per heavy atom. The molecule has 142 valence electrons. The Morgan fingerprint density at radius 1 is 1.22 bits per heavy atom. The summed E-state index contributed by atoms with van der Waals surface area (Å²) in [6.45, 7) is 5.54. The number of thiophene rings is 1. The van der Waals surface area contributed by atoms with E-state index in [1.165, 1.54) is 27.4 Å². The number of benzene rings is 1. The zero-order chi connectivity index (χ0) is 19.4. The van der Waals surface area contributed by atoms with Crippen LogP contribution >= 0.6 is 11.3 Å². The number of carboxylic acids is 2. The smallest absolute Gasteiger partial charge is 0.328 e. The molecule has 4 rings (SSSR count). The fourth-order valence-electron chi connectivity index (χ4n) is 3.55. The number of hydrogen-bond acceptors (Lipinski definition) is 4. The number of carboxylic acid groups (broad SMARTS) is 2. The highest BCUT2D eigenvalue weighted by Crippen LogP contribution is 2.36. The molecular weight excluding hydrogens is 364 g/mol. The summed E-state index contributed by atoms with van der Waals surface area (Å²) < 4.78 is 3.97. The summed E-state index contributed by atoms with van der Waals surface area (Å²) in [6, 6.07) is 6.89. The first-order valence-electron chi connectivity index (χ1n) is 8.87. The van der Waals surface area contributed by atoms with Gasteiger partial charge in [0.05, 0.1) is 0 Å². The molecule has 1 aliphatic rings. The Labute approximate surface area is 160 Å². The zero-order valence-corrected chi connectivity index (χ0v) is 15.9. The second-order valence-corrected chi connectivity index (χ2v) is 7.25. The third-order valence-corrected chi connectivity index (χ3v) is 5.42. The van der Waals surface area contributed by atoms with Crippen LogP contribution in [0.5, 0.6) is 0 Å². The lowest BCUT2D eigenvalue weighted by molar-refractivity contribution is -0.134. The summed E-state index contributed by atoms with van der Waals surface area (Å²) >= 11 is 1.85. The van der Waals surface area contributed by atoms with Crippen molar-refractivity contribution in [3.63, 3.8) is 0 Å². The van der Waals surface area contributed by atoms with Crippen LogP contribution < -0.4 is 5.32 Å². The highest BCUT2D eigenvalue weighted by Gasteiger charge is 2.20. The molecule has 1 aromatic carbocycles. The van der Waals surface area contributed by atoms with E-state index in [4.69, 9.17) is 10.2 Å². The fraction of sp³-hybridized carbons (Fsp3) is 0.300. The first-order valence-corrected chi connectivity index (χ1v) is 9.75. The topological polar surface area (TPSA) is 91.6 Å². The third-order valence-electron chi connectivity index (χ3n) is 4.54.